The van der Waals surface area contributed by atoms with Crippen molar-refractivity contribution in [1.29, 1.82) is 0 Å². The monoisotopic (exact) mass is 270 g/mol. The quantitative estimate of drug-likeness (QED) is 0.867. The Morgan fingerprint density at radius 1 is 1.47 bits per heavy atom. The van der Waals surface area contributed by atoms with Gasteiger partial charge in [-0.05, 0) is 31.2 Å². The van der Waals surface area contributed by atoms with Gasteiger partial charge in [0.05, 0.1) is 6.04 Å². The van der Waals surface area contributed by atoms with E-state index in [9.17, 15) is 4.79 Å². The number of hydrogen-bond donors (Lipinski definition) is 2. The van der Waals surface area contributed by atoms with Gasteiger partial charge in [-0.3, -0.25) is 4.79 Å². The van der Waals surface area contributed by atoms with Crippen molar-refractivity contribution in [2.45, 2.75) is 12.5 Å². The molecule has 0 spiro atoms. The molecule has 1 aromatic carbocycles. The number of likely N-dealkylation sites (N-methyl/N-ethyl adjacent to an activating group) is 2. The topological polar surface area (TPSA) is 41.1 Å². The van der Waals surface area contributed by atoms with Crippen LogP contribution in [0.1, 0.15) is 5.56 Å². The van der Waals surface area contributed by atoms with E-state index in [1.807, 2.05) is 24.3 Å². The minimum atomic E-state index is -0.177. The fourth-order valence-corrected chi connectivity index (χ4v) is 1.85. The average molecular weight is 271 g/mol. The molecule has 0 heterocycles. The van der Waals surface area contributed by atoms with Crippen LogP contribution in [0.5, 0.6) is 0 Å². The van der Waals surface area contributed by atoms with E-state index < -0.39 is 0 Å². The van der Waals surface area contributed by atoms with Crippen LogP contribution in [-0.2, 0) is 11.2 Å². The van der Waals surface area contributed by atoms with Crippen LogP contribution in [-0.4, -0.2) is 26.0 Å². The second-order valence-corrected chi connectivity index (χ2v) is 4.21. The molecular weight excluding hydrogens is 256 g/mol. The van der Waals surface area contributed by atoms with Gasteiger partial charge in [0.25, 0.3) is 0 Å². The van der Waals surface area contributed by atoms with E-state index in [-0.39, 0.29) is 11.9 Å². The SMILES string of the molecule is CNC(=O)C(Cc1cccc(Br)c1)NC. The maximum absolute atomic E-state index is 11.4. The van der Waals surface area contributed by atoms with Crippen LogP contribution in [0, 0.1) is 0 Å². The zero-order chi connectivity index (χ0) is 11.3. The van der Waals surface area contributed by atoms with E-state index in [0.717, 1.165) is 10.0 Å². The first-order chi connectivity index (χ1) is 7.17. The molecule has 15 heavy (non-hydrogen) atoms. The smallest absolute Gasteiger partial charge is 0.237 e. The summed E-state index contributed by atoms with van der Waals surface area (Å²) in [6.07, 6.45) is 0.690. The predicted octanol–water partition coefficient (Wildman–Crippen LogP) is 1.33. The minimum Gasteiger partial charge on any atom is -0.358 e. The van der Waals surface area contributed by atoms with Gasteiger partial charge in [0.15, 0.2) is 0 Å². The maximum atomic E-state index is 11.4. The van der Waals surface area contributed by atoms with Crippen molar-refractivity contribution in [2.75, 3.05) is 14.1 Å². The molecule has 3 nitrogen and oxygen atoms in total. The van der Waals surface area contributed by atoms with Gasteiger partial charge in [0.2, 0.25) is 5.91 Å². The lowest BCUT2D eigenvalue weighted by Gasteiger charge is -2.14. The summed E-state index contributed by atoms with van der Waals surface area (Å²) in [5.41, 5.74) is 1.13. The highest BCUT2D eigenvalue weighted by Gasteiger charge is 2.14. The molecule has 0 bridgehead atoms. The summed E-state index contributed by atoms with van der Waals surface area (Å²) in [6, 6.07) is 7.79. The number of hydrogen-bond acceptors (Lipinski definition) is 2. The summed E-state index contributed by atoms with van der Waals surface area (Å²) in [5.74, 6) is 0.0116. The lowest BCUT2D eigenvalue weighted by molar-refractivity contribution is -0.122. The summed E-state index contributed by atoms with van der Waals surface area (Å²) >= 11 is 3.41. The molecule has 0 saturated carbocycles. The van der Waals surface area contributed by atoms with Gasteiger partial charge in [0, 0.05) is 11.5 Å². The van der Waals surface area contributed by atoms with E-state index >= 15 is 0 Å². The van der Waals surface area contributed by atoms with E-state index in [1.54, 1.807) is 14.1 Å². The fourth-order valence-electron chi connectivity index (χ4n) is 1.40. The molecule has 4 heteroatoms. The van der Waals surface area contributed by atoms with Gasteiger partial charge < -0.3 is 10.6 Å². The summed E-state index contributed by atoms with van der Waals surface area (Å²) in [5, 5.41) is 5.63. The minimum absolute atomic E-state index is 0.0116. The summed E-state index contributed by atoms with van der Waals surface area (Å²) in [6.45, 7) is 0. The van der Waals surface area contributed by atoms with Crippen LogP contribution in [0.25, 0.3) is 0 Å². The largest absolute Gasteiger partial charge is 0.358 e. The Morgan fingerprint density at radius 3 is 2.73 bits per heavy atom. The number of nitrogens with one attached hydrogen (secondary N) is 2. The maximum Gasteiger partial charge on any atom is 0.237 e. The lowest BCUT2D eigenvalue weighted by Crippen LogP contribution is -2.42. The van der Waals surface area contributed by atoms with Gasteiger partial charge in [-0.25, -0.2) is 0 Å². The number of carbonyl (C=O) groups is 1. The molecule has 1 aromatic rings. The number of benzene rings is 1. The Balaban J connectivity index is 2.70. The fraction of sp³-hybridized carbons (Fsp3) is 0.364. The van der Waals surface area contributed by atoms with E-state index in [4.69, 9.17) is 0 Å². The number of halogens is 1. The highest BCUT2D eigenvalue weighted by molar-refractivity contribution is 9.10. The number of amides is 1. The molecule has 0 aromatic heterocycles. The molecule has 1 rings (SSSR count). The molecule has 0 fully saturated rings. The molecule has 82 valence electrons. The predicted molar refractivity (Wildman–Crippen MR) is 64.8 cm³/mol. The van der Waals surface area contributed by atoms with Crippen molar-refractivity contribution in [3.63, 3.8) is 0 Å². The third-order valence-electron chi connectivity index (χ3n) is 2.24. The highest BCUT2D eigenvalue weighted by atomic mass is 79.9. The molecule has 1 amide bonds. The van der Waals surface area contributed by atoms with Crippen LogP contribution in [0.4, 0.5) is 0 Å². The number of rotatable bonds is 4. The average Bonchev–Trinajstić information content (AvgIpc) is 2.25. The van der Waals surface area contributed by atoms with Gasteiger partial charge >= 0.3 is 0 Å². The van der Waals surface area contributed by atoms with Gasteiger partial charge in [-0.2, -0.15) is 0 Å². The molecular formula is C11H15BrN2O. The molecule has 0 aliphatic carbocycles. The zero-order valence-electron chi connectivity index (χ0n) is 8.88. The Hall–Kier alpha value is -0.870. The molecule has 2 N–H and O–H groups in total. The zero-order valence-corrected chi connectivity index (χ0v) is 10.5. The molecule has 0 saturated heterocycles. The van der Waals surface area contributed by atoms with Gasteiger partial charge in [0.1, 0.15) is 0 Å². The molecule has 0 aliphatic heterocycles. The van der Waals surface area contributed by atoms with Crippen molar-refractivity contribution in [3.05, 3.63) is 34.3 Å². The van der Waals surface area contributed by atoms with Crippen molar-refractivity contribution < 1.29 is 4.79 Å². The molecule has 1 unspecified atom stereocenters. The summed E-state index contributed by atoms with van der Waals surface area (Å²) < 4.78 is 1.03. The second-order valence-electron chi connectivity index (χ2n) is 3.29. The first-order valence-electron chi connectivity index (χ1n) is 4.80. The normalized spacial score (nSPS) is 12.2. The summed E-state index contributed by atoms with van der Waals surface area (Å²) in [7, 11) is 3.44. The van der Waals surface area contributed by atoms with Crippen LogP contribution < -0.4 is 10.6 Å². The third-order valence-corrected chi connectivity index (χ3v) is 2.73. The van der Waals surface area contributed by atoms with E-state index in [0.29, 0.717) is 6.42 Å². The van der Waals surface area contributed by atoms with Gasteiger partial charge in [-0.1, -0.05) is 28.1 Å². The van der Waals surface area contributed by atoms with Crippen LogP contribution in [0.2, 0.25) is 0 Å². The number of carbonyl (C=O) groups excluding carboxylic acids is 1. The Morgan fingerprint density at radius 2 is 2.20 bits per heavy atom. The van der Waals surface area contributed by atoms with Crippen LogP contribution in [0.3, 0.4) is 0 Å². The highest BCUT2D eigenvalue weighted by Crippen LogP contribution is 2.13. The molecule has 1 atom stereocenters. The van der Waals surface area contributed by atoms with Crippen LogP contribution in [0.15, 0.2) is 28.7 Å². The van der Waals surface area contributed by atoms with Crippen molar-refractivity contribution in [1.82, 2.24) is 10.6 Å². The Kier molecular flexibility index (Phi) is 4.78. The molecule has 0 aliphatic rings. The molecule has 0 radical (unpaired) electrons. The van der Waals surface area contributed by atoms with Crippen molar-refractivity contribution in [3.8, 4) is 0 Å². The Labute approximate surface area is 98.4 Å². The standard InChI is InChI=1S/C11H15BrN2O/c1-13-10(11(15)14-2)7-8-4-3-5-9(12)6-8/h3-6,10,13H,7H2,1-2H3,(H,14,15). The van der Waals surface area contributed by atoms with E-state index in [1.165, 1.54) is 0 Å². The second kappa shape index (κ2) is 5.88. The van der Waals surface area contributed by atoms with Crippen molar-refractivity contribution in [2.24, 2.45) is 0 Å². The Bertz CT molecular complexity index is 341. The summed E-state index contributed by atoms with van der Waals surface area (Å²) in [4.78, 5) is 11.4. The third kappa shape index (κ3) is 3.64. The first kappa shape index (κ1) is 12.2. The first-order valence-corrected chi connectivity index (χ1v) is 5.60. The van der Waals surface area contributed by atoms with Gasteiger partial charge in [-0.15, -0.1) is 0 Å². The van der Waals surface area contributed by atoms with Crippen LogP contribution >= 0.6 is 15.9 Å². The van der Waals surface area contributed by atoms with E-state index in [2.05, 4.69) is 26.6 Å². The lowest BCUT2D eigenvalue weighted by atomic mass is 10.1. The van der Waals surface area contributed by atoms with Crippen molar-refractivity contribution >= 4 is 21.8 Å².